The lowest BCUT2D eigenvalue weighted by Gasteiger charge is -2.08. The van der Waals surface area contributed by atoms with Crippen LogP contribution in [0.25, 0.3) is 0 Å². The average molecular weight is 215 g/mol. The van der Waals surface area contributed by atoms with Crippen LogP contribution in [0.5, 0.6) is 0 Å². The molecule has 15 heavy (non-hydrogen) atoms. The Morgan fingerprint density at radius 1 is 1.20 bits per heavy atom. The summed E-state index contributed by atoms with van der Waals surface area (Å²) in [5.74, 6) is 0.0294. The van der Waals surface area contributed by atoms with Crippen molar-refractivity contribution in [3.63, 3.8) is 0 Å². The van der Waals surface area contributed by atoms with Gasteiger partial charge in [0.2, 0.25) is 0 Å². The fourth-order valence-corrected chi connectivity index (χ4v) is 2.63. The molecule has 1 atom stereocenters. The third-order valence-corrected chi connectivity index (χ3v) is 3.37. The lowest BCUT2D eigenvalue weighted by molar-refractivity contribution is 0.0960. The average Bonchev–Trinajstić information content (AvgIpc) is 2.87. The van der Waals surface area contributed by atoms with Crippen LogP contribution in [-0.4, -0.2) is 5.91 Å². The third-order valence-electron chi connectivity index (χ3n) is 2.67. The summed E-state index contributed by atoms with van der Waals surface area (Å²) in [5, 5.41) is 7.10. The van der Waals surface area contributed by atoms with E-state index in [4.69, 9.17) is 0 Å². The maximum absolute atomic E-state index is 11.7. The molecule has 3 heteroatoms. The molecular formula is C12H9NOS. The second-order valence-electron chi connectivity index (χ2n) is 3.55. The first-order chi connectivity index (χ1) is 7.36. The molecule has 1 aliphatic heterocycles. The predicted molar refractivity (Wildman–Crippen MR) is 60.1 cm³/mol. The minimum absolute atomic E-state index is 0.0294. The molecule has 0 fully saturated rings. The topological polar surface area (TPSA) is 29.1 Å². The molecule has 0 spiro atoms. The van der Waals surface area contributed by atoms with Crippen LogP contribution < -0.4 is 5.32 Å². The molecule has 2 aromatic rings. The number of carbonyl (C=O) groups is 1. The molecule has 2 nitrogen and oxygen atoms in total. The summed E-state index contributed by atoms with van der Waals surface area (Å²) in [6.07, 6.45) is 0. The smallest absolute Gasteiger partial charge is 0.252 e. The Labute approximate surface area is 91.6 Å². The van der Waals surface area contributed by atoms with E-state index < -0.39 is 0 Å². The molecule has 0 radical (unpaired) electrons. The summed E-state index contributed by atoms with van der Waals surface area (Å²) in [4.78, 5) is 11.7. The Hall–Kier alpha value is -1.61. The molecule has 0 aliphatic carbocycles. The van der Waals surface area contributed by atoms with Crippen molar-refractivity contribution in [3.8, 4) is 0 Å². The van der Waals surface area contributed by atoms with Gasteiger partial charge in [-0.25, -0.2) is 0 Å². The highest BCUT2D eigenvalue weighted by atomic mass is 32.1. The Balaban J connectivity index is 2.13. The van der Waals surface area contributed by atoms with Gasteiger partial charge in [0, 0.05) is 5.56 Å². The summed E-state index contributed by atoms with van der Waals surface area (Å²) >= 11 is 1.65. The maximum Gasteiger partial charge on any atom is 0.252 e. The zero-order valence-corrected chi connectivity index (χ0v) is 8.75. The Morgan fingerprint density at radius 2 is 2.07 bits per heavy atom. The fourth-order valence-electron chi connectivity index (χ4n) is 1.94. The highest BCUT2D eigenvalue weighted by molar-refractivity contribution is 7.08. The minimum atomic E-state index is 0.0294. The van der Waals surface area contributed by atoms with E-state index in [1.165, 1.54) is 5.56 Å². The third kappa shape index (κ3) is 1.27. The van der Waals surface area contributed by atoms with E-state index in [0.29, 0.717) is 0 Å². The minimum Gasteiger partial charge on any atom is -0.341 e. The van der Waals surface area contributed by atoms with Crippen LogP contribution in [0.4, 0.5) is 0 Å². The lowest BCUT2D eigenvalue weighted by Crippen LogP contribution is -2.19. The zero-order chi connectivity index (χ0) is 10.3. The van der Waals surface area contributed by atoms with Gasteiger partial charge in [0.1, 0.15) is 0 Å². The standard InChI is InChI=1S/C12H9NOS/c14-12-10-4-2-1-3-9(10)11(13-12)8-5-6-15-7-8/h1-7,11H,(H,13,14). The van der Waals surface area contributed by atoms with E-state index in [1.807, 2.05) is 29.6 Å². The summed E-state index contributed by atoms with van der Waals surface area (Å²) in [6, 6.07) is 9.84. The number of rotatable bonds is 1. The van der Waals surface area contributed by atoms with Gasteiger partial charge in [-0.15, -0.1) is 0 Å². The van der Waals surface area contributed by atoms with Crippen molar-refractivity contribution in [2.24, 2.45) is 0 Å². The van der Waals surface area contributed by atoms with Crippen molar-refractivity contribution in [3.05, 3.63) is 57.8 Å². The van der Waals surface area contributed by atoms with E-state index in [0.717, 1.165) is 11.1 Å². The molecule has 1 N–H and O–H groups in total. The largest absolute Gasteiger partial charge is 0.341 e. The number of carbonyl (C=O) groups excluding carboxylic acids is 1. The Bertz CT molecular complexity index is 504. The molecule has 0 bridgehead atoms. The van der Waals surface area contributed by atoms with Crippen LogP contribution in [0.2, 0.25) is 0 Å². The van der Waals surface area contributed by atoms with Gasteiger partial charge in [0.05, 0.1) is 6.04 Å². The van der Waals surface area contributed by atoms with Gasteiger partial charge in [0.15, 0.2) is 0 Å². The number of fused-ring (bicyclic) bond motifs is 1. The normalized spacial score (nSPS) is 18.7. The fraction of sp³-hybridized carbons (Fsp3) is 0.0833. The number of benzene rings is 1. The predicted octanol–water partition coefficient (Wildman–Crippen LogP) is 2.58. The molecule has 3 rings (SSSR count). The van der Waals surface area contributed by atoms with Crippen LogP contribution >= 0.6 is 11.3 Å². The van der Waals surface area contributed by atoms with Crippen molar-refractivity contribution in [1.82, 2.24) is 5.32 Å². The van der Waals surface area contributed by atoms with Crippen LogP contribution in [0.3, 0.4) is 0 Å². The summed E-state index contributed by atoms with van der Waals surface area (Å²) in [6.45, 7) is 0. The van der Waals surface area contributed by atoms with Crippen LogP contribution in [0, 0.1) is 0 Å². The highest BCUT2D eigenvalue weighted by Gasteiger charge is 2.28. The van der Waals surface area contributed by atoms with Crippen LogP contribution in [0.1, 0.15) is 27.5 Å². The number of thiophene rings is 1. The molecule has 1 amide bonds. The first kappa shape index (κ1) is 8.68. The number of hydrogen-bond acceptors (Lipinski definition) is 2. The Kier molecular flexibility index (Phi) is 1.86. The molecule has 1 aliphatic rings. The van der Waals surface area contributed by atoms with E-state index in [-0.39, 0.29) is 11.9 Å². The van der Waals surface area contributed by atoms with Crippen molar-refractivity contribution >= 4 is 17.2 Å². The Morgan fingerprint density at radius 3 is 2.87 bits per heavy atom. The van der Waals surface area contributed by atoms with Gasteiger partial charge in [-0.3, -0.25) is 4.79 Å². The molecule has 1 aromatic carbocycles. The molecule has 0 saturated carbocycles. The van der Waals surface area contributed by atoms with E-state index in [2.05, 4.69) is 16.8 Å². The van der Waals surface area contributed by atoms with Gasteiger partial charge in [-0.2, -0.15) is 11.3 Å². The monoisotopic (exact) mass is 215 g/mol. The first-order valence-electron chi connectivity index (χ1n) is 4.78. The SMILES string of the molecule is O=C1NC(c2ccsc2)c2ccccc21. The highest BCUT2D eigenvalue weighted by Crippen LogP contribution is 2.31. The molecular weight excluding hydrogens is 206 g/mol. The number of nitrogens with one attached hydrogen (secondary N) is 1. The summed E-state index contributed by atoms with van der Waals surface area (Å²) in [7, 11) is 0. The van der Waals surface area contributed by atoms with E-state index in [1.54, 1.807) is 11.3 Å². The van der Waals surface area contributed by atoms with E-state index >= 15 is 0 Å². The van der Waals surface area contributed by atoms with Gasteiger partial charge < -0.3 is 5.32 Å². The van der Waals surface area contributed by atoms with Crippen molar-refractivity contribution in [1.29, 1.82) is 0 Å². The molecule has 1 unspecified atom stereocenters. The summed E-state index contributed by atoms with van der Waals surface area (Å²) in [5.41, 5.74) is 3.05. The van der Waals surface area contributed by atoms with Gasteiger partial charge in [-0.05, 0) is 34.0 Å². The van der Waals surface area contributed by atoms with Crippen molar-refractivity contribution in [2.45, 2.75) is 6.04 Å². The molecule has 0 saturated heterocycles. The van der Waals surface area contributed by atoms with Crippen molar-refractivity contribution in [2.75, 3.05) is 0 Å². The molecule has 1 aromatic heterocycles. The van der Waals surface area contributed by atoms with Gasteiger partial charge in [0.25, 0.3) is 5.91 Å². The number of amides is 1. The second kappa shape index (κ2) is 3.21. The first-order valence-corrected chi connectivity index (χ1v) is 5.72. The van der Waals surface area contributed by atoms with E-state index in [9.17, 15) is 4.79 Å². The quantitative estimate of drug-likeness (QED) is 0.778. The molecule has 74 valence electrons. The van der Waals surface area contributed by atoms with Gasteiger partial charge >= 0.3 is 0 Å². The van der Waals surface area contributed by atoms with Crippen molar-refractivity contribution < 1.29 is 4.79 Å². The van der Waals surface area contributed by atoms with Crippen LogP contribution in [-0.2, 0) is 0 Å². The second-order valence-corrected chi connectivity index (χ2v) is 4.33. The van der Waals surface area contributed by atoms with Crippen LogP contribution in [0.15, 0.2) is 41.1 Å². The zero-order valence-electron chi connectivity index (χ0n) is 7.94. The lowest BCUT2D eigenvalue weighted by atomic mass is 10.0. The summed E-state index contributed by atoms with van der Waals surface area (Å²) < 4.78 is 0. The molecule has 2 heterocycles. The maximum atomic E-state index is 11.7. The van der Waals surface area contributed by atoms with Gasteiger partial charge in [-0.1, -0.05) is 18.2 Å². The number of hydrogen-bond donors (Lipinski definition) is 1.